The number of carbonyl (C=O) groups is 1. The number of benzene rings is 2. The minimum absolute atomic E-state index is 0.00556. The van der Waals surface area contributed by atoms with Gasteiger partial charge in [0.2, 0.25) is 5.95 Å². The smallest absolute Gasteiger partial charge is 0.459 e. The molecule has 0 saturated heterocycles. The quantitative estimate of drug-likeness (QED) is 0.0618. The lowest BCUT2D eigenvalue weighted by molar-refractivity contribution is -0.145. The van der Waals surface area contributed by atoms with E-state index in [1.165, 1.54) is 24.2 Å². The zero-order valence-corrected chi connectivity index (χ0v) is 25.5. The molecule has 2 N–H and O–H groups in total. The number of aromatic amines is 1. The number of rotatable bonds is 16. The van der Waals surface area contributed by atoms with Crippen LogP contribution in [0.1, 0.15) is 26.7 Å². The number of unbranched alkanes of at least 4 members (excludes halogenated alkanes) is 1. The SMILES string of the molecule is CCCCOC(=O)[C@H](C)NP(=O)(OCCOCn1cnc2c(=O)[nH]c(N=CN(C)C)nc21)Oc1cccc2ccccc12. The number of H-pyrrole nitrogens is 1. The summed E-state index contributed by atoms with van der Waals surface area (Å²) in [7, 11) is -0.504. The Bertz CT molecular complexity index is 1670. The number of imidazole rings is 1. The van der Waals surface area contributed by atoms with Crippen LogP contribution in [-0.4, -0.2) is 76.7 Å². The molecule has 0 radical (unpaired) electrons. The van der Waals surface area contributed by atoms with Crippen LogP contribution in [-0.2, 0) is 30.1 Å². The van der Waals surface area contributed by atoms with Gasteiger partial charge in [0.15, 0.2) is 11.2 Å². The lowest BCUT2D eigenvalue weighted by atomic mass is 10.1. The molecule has 4 aromatic rings. The summed E-state index contributed by atoms with van der Waals surface area (Å²) in [6.07, 6.45) is 4.53. The van der Waals surface area contributed by atoms with E-state index < -0.39 is 25.3 Å². The molecule has 0 aliphatic rings. The molecule has 15 heteroatoms. The molecule has 0 aliphatic carbocycles. The third kappa shape index (κ3) is 8.71. The summed E-state index contributed by atoms with van der Waals surface area (Å²) in [4.78, 5) is 41.7. The van der Waals surface area contributed by atoms with Crippen molar-refractivity contribution in [1.82, 2.24) is 29.5 Å². The van der Waals surface area contributed by atoms with Crippen molar-refractivity contribution in [3.63, 3.8) is 0 Å². The van der Waals surface area contributed by atoms with Gasteiger partial charge in [-0.15, -0.1) is 0 Å². The normalized spacial score (nSPS) is 13.8. The Morgan fingerprint density at radius 2 is 1.98 bits per heavy atom. The average Bonchev–Trinajstić information content (AvgIpc) is 3.39. The van der Waals surface area contributed by atoms with Crippen LogP contribution in [0.15, 0.2) is 58.6 Å². The number of carbonyl (C=O) groups excluding carboxylic acids is 1. The summed E-state index contributed by atoms with van der Waals surface area (Å²) >= 11 is 0. The van der Waals surface area contributed by atoms with Gasteiger partial charge in [-0.25, -0.2) is 14.5 Å². The number of hydrogen-bond donors (Lipinski definition) is 2. The van der Waals surface area contributed by atoms with Crippen LogP contribution >= 0.6 is 7.75 Å². The fraction of sp³-hybridized carbons (Fsp3) is 0.393. The van der Waals surface area contributed by atoms with Crippen LogP contribution in [0.3, 0.4) is 0 Å². The third-order valence-electron chi connectivity index (χ3n) is 6.01. The highest BCUT2D eigenvalue weighted by atomic mass is 31.2. The van der Waals surface area contributed by atoms with Crippen molar-refractivity contribution in [3.05, 3.63) is 59.1 Å². The summed E-state index contributed by atoms with van der Waals surface area (Å²) in [5.41, 5.74) is -0.00353. The van der Waals surface area contributed by atoms with E-state index in [9.17, 15) is 14.2 Å². The molecule has 0 spiro atoms. The number of hydrogen-bond acceptors (Lipinski definition) is 10. The van der Waals surface area contributed by atoms with Crippen molar-refractivity contribution in [2.45, 2.75) is 39.5 Å². The highest BCUT2D eigenvalue weighted by molar-refractivity contribution is 7.52. The van der Waals surface area contributed by atoms with E-state index >= 15 is 0 Å². The van der Waals surface area contributed by atoms with Gasteiger partial charge in [0.1, 0.15) is 18.5 Å². The second-order valence-electron chi connectivity index (χ2n) is 9.79. The van der Waals surface area contributed by atoms with Gasteiger partial charge in [0.05, 0.1) is 32.5 Å². The first-order chi connectivity index (χ1) is 20.7. The number of fused-ring (bicyclic) bond motifs is 2. The topological polar surface area (TPSA) is 162 Å². The largest absolute Gasteiger partial charge is 0.465 e. The van der Waals surface area contributed by atoms with Gasteiger partial charge in [-0.2, -0.15) is 10.1 Å². The Balaban J connectivity index is 1.43. The molecule has 43 heavy (non-hydrogen) atoms. The number of ether oxygens (including phenoxy) is 2. The Kier molecular flexibility index (Phi) is 11.0. The van der Waals surface area contributed by atoms with E-state index in [4.69, 9.17) is 18.5 Å². The molecular formula is C28H36N7O7P. The third-order valence-corrected chi connectivity index (χ3v) is 7.67. The number of aliphatic imine (C=N–C) groups is 1. The summed E-state index contributed by atoms with van der Waals surface area (Å²) in [5, 5.41) is 4.31. The maximum absolute atomic E-state index is 13.9. The summed E-state index contributed by atoms with van der Waals surface area (Å²) < 4.78 is 38.0. The fourth-order valence-electron chi connectivity index (χ4n) is 3.87. The number of nitrogens with one attached hydrogen (secondary N) is 2. The zero-order chi connectivity index (χ0) is 30.8. The lowest BCUT2D eigenvalue weighted by Crippen LogP contribution is -2.35. The number of nitrogens with zero attached hydrogens (tertiary/aromatic N) is 5. The van der Waals surface area contributed by atoms with Crippen LogP contribution in [0, 0.1) is 0 Å². The highest BCUT2D eigenvalue weighted by Gasteiger charge is 2.32. The van der Waals surface area contributed by atoms with E-state index in [0.29, 0.717) is 5.75 Å². The molecule has 0 aliphatic heterocycles. The molecular weight excluding hydrogens is 577 g/mol. The first-order valence-electron chi connectivity index (χ1n) is 13.8. The Morgan fingerprint density at radius 3 is 2.77 bits per heavy atom. The standard InChI is InChI=1S/C28H36N7O7P/c1-5-6-14-40-27(37)20(2)33-43(38,42-23-13-9-11-21-10-7-8-12-22(21)23)41-16-15-39-19-35-18-29-24-25(35)31-28(32-26(24)36)30-17-34(3)4/h7-13,17-18,20H,5-6,14-16,19H2,1-4H3,(H,33,38)(H,31,32,36)/t20-,43?/m0/s1. The molecule has 0 amide bonds. The van der Waals surface area contributed by atoms with Crippen molar-refractivity contribution >= 4 is 47.9 Å². The molecule has 0 saturated carbocycles. The molecule has 2 aromatic heterocycles. The monoisotopic (exact) mass is 613 g/mol. The summed E-state index contributed by atoms with van der Waals surface area (Å²) in [6, 6.07) is 11.9. The Labute approximate surface area is 248 Å². The summed E-state index contributed by atoms with van der Waals surface area (Å²) in [5.74, 6) is -0.120. The van der Waals surface area contributed by atoms with Crippen LogP contribution < -0.4 is 15.2 Å². The molecule has 14 nitrogen and oxygen atoms in total. The highest BCUT2D eigenvalue weighted by Crippen LogP contribution is 2.46. The van der Waals surface area contributed by atoms with Crippen LogP contribution in [0.5, 0.6) is 5.75 Å². The lowest BCUT2D eigenvalue weighted by Gasteiger charge is -2.23. The maximum atomic E-state index is 13.9. The molecule has 4 rings (SSSR count). The minimum Gasteiger partial charge on any atom is -0.465 e. The molecule has 2 aromatic carbocycles. The number of aromatic nitrogens is 4. The molecule has 1 unspecified atom stereocenters. The van der Waals surface area contributed by atoms with Gasteiger partial charge in [-0.1, -0.05) is 49.7 Å². The summed E-state index contributed by atoms with van der Waals surface area (Å²) in [6.45, 7) is 3.61. The van der Waals surface area contributed by atoms with E-state index in [-0.39, 0.29) is 43.7 Å². The first-order valence-corrected chi connectivity index (χ1v) is 15.3. The van der Waals surface area contributed by atoms with Crippen molar-refractivity contribution in [1.29, 1.82) is 0 Å². The second-order valence-corrected chi connectivity index (χ2v) is 11.5. The van der Waals surface area contributed by atoms with E-state index in [1.807, 2.05) is 37.3 Å². The molecule has 0 bridgehead atoms. The van der Waals surface area contributed by atoms with Crippen molar-refractivity contribution < 1.29 is 27.9 Å². The van der Waals surface area contributed by atoms with Crippen LogP contribution in [0.4, 0.5) is 5.95 Å². The molecule has 0 fully saturated rings. The van der Waals surface area contributed by atoms with E-state index in [0.717, 1.165) is 23.6 Å². The zero-order valence-electron chi connectivity index (χ0n) is 24.6. The maximum Gasteiger partial charge on any atom is 0.459 e. The predicted molar refractivity (Wildman–Crippen MR) is 163 cm³/mol. The average molecular weight is 614 g/mol. The van der Waals surface area contributed by atoms with E-state index in [1.54, 1.807) is 31.1 Å². The van der Waals surface area contributed by atoms with Crippen LogP contribution in [0.25, 0.3) is 21.9 Å². The first kappa shape index (κ1) is 31.8. The molecule has 230 valence electrons. The van der Waals surface area contributed by atoms with Gasteiger partial charge in [-0.05, 0) is 24.8 Å². The van der Waals surface area contributed by atoms with Gasteiger partial charge in [0, 0.05) is 19.5 Å². The minimum atomic E-state index is -4.09. The van der Waals surface area contributed by atoms with Crippen LogP contribution in [0.2, 0.25) is 0 Å². The van der Waals surface area contributed by atoms with Gasteiger partial charge in [-0.3, -0.25) is 23.7 Å². The predicted octanol–water partition coefficient (Wildman–Crippen LogP) is 3.99. The van der Waals surface area contributed by atoms with Gasteiger partial charge < -0.3 is 18.9 Å². The van der Waals surface area contributed by atoms with Gasteiger partial charge >= 0.3 is 13.7 Å². The van der Waals surface area contributed by atoms with Gasteiger partial charge in [0.25, 0.3) is 5.56 Å². The number of esters is 1. The molecule has 2 atom stereocenters. The Morgan fingerprint density at radius 1 is 1.19 bits per heavy atom. The fourth-order valence-corrected chi connectivity index (χ4v) is 5.37. The molecule has 2 heterocycles. The van der Waals surface area contributed by atoms with Crippen molar-refractivity contribution in [2.75, 3.05) is 33.9 Å². The van der Waals surface area contributed by atoms with E-state index in [2.05, 4.69) is 25.0 Å². The van der Waals surface area contributed by atoms with Crippen molar-refractivity contribution in [3.8, 4) is 5.75 Å². The van der Waals surface area contributed by atoms with Crippen molar-refractivity contribution in [2.24, 2.45) is 4.99 Å². The Hall–Kier alpha value is -4.10. The second kappa shape index (κ2) is 14.9.